The number of hydrogen-bond acceptors (Lipinski definition) is 3. The molecule has 4 heteroatoms. The van der Waals surface area contributed by atoms with Gasteiger partial charge in [-0.25, -0.2) is 0 Å². The Labute approximate surface area is 126 Å². The first kappa shape index (κ1) is 15.5. The molecule has 21 heavy (non-hydrogen) atoms. The number of carbonyl (C=O) groups excluding carboxylic acids is 1. The standard InChI is InChI=1S/C17H23N3O/c1-13(15-6-4-8-19-12-15)9-17(21)20(2)16-7-3-5-14(10-16)11-18/h3,5,7,10,13,15,19H,4,6,8-9,12H2,1-2H3. The normalized spacial score (nSPS) is 19.6. The summed E-state index contributed by atoms with van der Waals surface area (Å²) >= 11 is 0. The van der Waals surface area contributed by atoms with Crippen LogP contribution in [0.4, 0.5) is 5.69 Å². The summed E-state index contributed by atoms with van der Waals surface area (Å²) in [5, 5.41) is 12.3. The first-order valence-electron chi connectivity index (χ1n) is 7.59. The van der Waals surface area contributed by atoms with E-state index in [1.807, 2.05) is 12.1 Å². The molecule has 0 saturated carbocycles. The molecule has 2 unspecified atom stereocenters. The first-order valence-corrected chi connectivity index (χ1v) is 7.59. The molecule has 1 aliphatic rings. The summed E-state index contributed by atoms with van der Waals surface area (Å²) in [6.45, 7) is 4.27. The second-order valence-corrected chi connectivity index (χ2v) is 5.90. The molecule has 1 fully saturated rings. The number of carbonyl (C=O) groups is 1. The topological polar surface area (TPSA) is 56.1 Å². The van der Waals surface area contributed by atoms with E-state index in [9.17, 15) is 4.79 Å². The van der Waals surface area contributed by atoms with Crippen molar-refractivity contribution in [2.24, 2.45) is 11.8 Å². The molecule has 4 nitrogen and oxygen atoms in total. The number of nitrogens with one attached hydrogen (secondary N) is 1. The van der Waals surface area contributed by atoms with Gasteiger partial charge < -0.3 is 10.2 Å². The van der Waals surface area contributed by atoms with Crippen LogP contribution in [0, 0.1) is 23.2 Å². The highest BCUT2D eigenvalue weighted by Gasteiger charge is 2.23. The van der Waals surface area contributed by atoms with Gasteiger partial charge in [-0.2, -0.15) is 5.26 Å². The fourth-order valence-electron chi connectivity index (χ4n) is 2.87. The van der Waals surface area contributed by atoms with Crippen molar-refractivity contribution in [3.63, 3.8) is 0 Å². The Morgan fingerprint density at radius 2 is 2.38 bits per heavy atom. The van der Waals surface area contributed by atoms with E-state index in [0.29, 0.717) is 23.8 Å². The van der Waals surface area contributed by atoms with Gasteiger partial charge >= 0.3 is 0 Å². The summed E-state index contributed by atoms with van der Waals surface area (Å²) in [7, 11) is 1.78. The average Bonchev–Trinajstić information content (AvgIpc) is 2.54. The number of hydrogen-bond donors (Lipinski definition) is 1. The molecule has 1 aromatic rings. The highest BCUT2D eigenvalue weighted by molar-refractivity contribution is 5.93. The van der Waals surface area contributed by atoms with Crippen LogP contribution in [0.1, 0.15) is 31.7 Å². The van der Waals surface area contributed by atoms with Gasteiger partial charge in [0.25, 0.3) is 0 Å². The predicted octanol–water partition coefficient (Wildman–Crippen LogP) is 2.55. The van der Waals surface area contributed by atoms with Crippen molar-refractivity contribution >= 4 is 11.6 Å². The van der Waals surface area contributed by atoms with E-state index in [-0.39, 0.29) is 5.91 Å². The summed E-state index contributed by atoms with van der Waals surface area (Å²) in [5.41, 5.74) is 1.37. The monoisotopic (exact) mass is 285 g/mol. The Hall–Kier alpha value is -1.86. The van der Waals surface area contributed by atoms with Gasteiger partial charge in [0.15, 0.2) is 0 Å². The zero-order valence-electron chi connectivity index (χ0n) is 12.8. The van der Waals surface area contributed by atoms with Gasteiger partial charge in [0.1, 0.15) is 0 Å². The van der Waals surface area contributed by atoms with Gasteiger partial charge in [-0.1, -0.05) is 13.0 Å². The van der Waals surface area contributed by atoms with E-state index in [1.54, 1.807) is 24.1 Å². The quantitative estimate of drug-likeness (QED) is 0.925. The number of nitriles is 1. The smallest absolute Gasteiger partial charge is 0.226 e. The minimum Gasteiger partial charge on any atom is -0.316 e. The van der Waals surface area contributed by atoms with E-state index in [0.717, 1.165) is 18.8 Å². The van der Waals surface area contributed by atoms with Crippen LogP contribution >= 0.6 is 0 Å². The van der Waals surface area contributed by atoms with Crippen molar-refractivity contribution in [1.82, 2.24) is 5.32 Å². The number of amides is 1. The maximum Gasteiger partial charge on any atom is 0.226 e. The van der Waals surface area contributed by atoms with E-state index < -0.39 is 0 Å². The van der Waals surface area contributed by atoms with Crippen LogP contribution in [0.25, 0.3) is 0 Å². The average molecular weight is 285 g/mol. The Morgan fingerprint density at radius 3 is 3.05 bits per heavy atom. The van der Waals surface area contributed by atoms with Crippen LogP contribution in [-0.4, -0.2) is 26.0 Å². The third-order valence-electron chi connectivity index (χ3n) is 4.37. The lowest BCUT2D eigenvalue weighted by Crippen LogP contribution is -2.36. The predicted molar refractivity (Wildman–Crippen MR) is 83.9 cm³/mol. The zero-order valence-corrected chi connectivity index (χ0v) is 12.8. The molecule has 2 rings (SSSR count). The van der Waals surface area contributed by atoms with Crippen molar-refractivity contribution in [2.75, 3.05) is 25.0 Å². The fraction of sp³-hybridized carbons (Fsp3) is 0.529. The largest absolute Gasteiger partial charge is 0.316 e. The van der Waals surface area contributed by atoms with Crippen molar-refractivity contribution in [2.45, 2.75) is 26.2 Å². The fourth-order valence-corrected chi connectivity index (χ4v) is 2.87. The van der Waals surface area contributed by atoms with Gasteiger partial charge in [-0.3, -0.25) is 4.79 Å². The van der Waals surface area contributed by atoms with E-state index in [2.05, 4.69) is 18.3 Å². The van der Waals surface area contributed by atoms with Crippen molar-refractivity contribution in [1.29, 1.82) is 5.26 Å². The number of rotatable bonds is 4. The number of benzene rings is 1. The van der Waals surface area contributed by atoms with Crippen LogP contribution in [0.2, 0.25) is 0 Å². The van der Waals surface area contributed by atoms with Crippen LogP contribution in [0.5, 0.6) is 0 Å². The van der Waals surface area contributed by atoms with Crippen LogP contribution in [0.3, 0.4) is 0 Å². The molecule has 1 aromatic carbocycles. The first-order chi connectivity index (χ1) is 10.1. The van der Waals surface area contributed by atoms with Gasteiger partial charge in [-0.05, 0) is 56.0 Å². The van der Waals surface area contributed by atoms with Crippen LogP contribution < -0.4 is 10.2 Å². The van der Waals surface area contributed by atoms with E-state index >= 15 is 0 Å². The van der Waals surface area contributed by atoms with Crippen LogP contribution in [-0.2, 0) is 4.79 Å². The Kier molecular flexibility index (Phi) is 5.35. The summed E-state index contributed by atoms with van der Waals surface area (Å²) < 4.78 is 0. The second kappa shape index (κ2) is 7.24. The SMILES string of the molecule is CC(CC(=O)N(C)c1cccc(C#N)c1)C1CCCNC1. The van der Waals surface area contributed by atoms with Gasteiger partial charge in [0, 0.05) is 19.2 Å². The summed E-state index contributed by atoms with van der Waals surface area (Å²) in [5.74, 6) is 1.08. The summed E-state index contributed by atoms with van der Waals surface area (Å²) in [4.78, 5) is 14.1. The zero-order chi connectivity index (χ0) is 15.2. The molecule has 0 radical (unpaired) electrons. The Balaban J connectivity index is 1.97. The maximum absolute atomic E-state index is 12.4. The van der Waals surface area contributed by atoms with Crippen LogP contribution in [0.15, 0.2) is 24.3 Å². The molecule has 0 aromatic heterocycles. The minimum absolute atomic E-state index is 0.114. The molecule has 2 atom stereocenters. The third kappa shape index (κ3) is 4.05. The number of piperidine rings is 1. The summed E-state index contributed by atoms with van der Waals surface area (Å²) in [6.07, 6.45) is 2.96. The molecule has 1 aliphatic heterocycles. The molecule has 1 saturated heterocycles. The maximum atomic E-state index is 12.4. The highest BCUT2D eigenvalue weighted by atomic mass is 16.2. The highest BCUT2D eigenvalue weighted by Crippen LogP contribution is 2.24. The molecule has 0 spiro atoms. The lowest BCUT2D eigenvalue weighted by molar-refractivity contribution is -0.119. The molecule has 0 aliphatic carbocycles. The molecular weight excluding hydrogens is 262 g/mol. The third-order valence-corrected chi connectivity index (χ3v) is 4.37. The minimum atomic E-state index is 0.114. The lowest BCUT2D eigenvalue weighted by atomic mass is 9.85. The molecule has 1 amide bonds. The molecular formula is C17H23N3O. The van der Waals surface area contributed by atoms with Crippen molar-refractivity contribution < 1.29 is 4.79 Å². The Bertz CT molecular complexity index is 529. The van der Waals surface area contributed by atoms with Gasteiger partial charge in [-0.15, -0.1) is 0 Å². The number of nitrogens with zero attached hydrogens (tertiary/aromatic N) is 2. The molecule has 112 valence electrons. The van der Waals surface area contributed by atoms with Gasteiger partial charge in [0.2, 0.25) is 5.91 Å². The summed E-state index contributed by atoms with van der Waals surface area (Å²) in [6, 6.07) is 9.29. The molecule has 0 bridgehead atoms. The van der Waals surface area contributed by atoms with Gasteiger partial charge in [0.05, 0.1) is 11.6 Å². The molecule has 1 heterocycles. The van der Waals surface area contributed by atoms with Crippen molar-refractivity contribution in [3.8, 4) is 6.07 Å². The van der Waals surface area contributed by atoms with E-state index in [4.69, 9.17) is 5.26 Å². The van der Waals surface area contributed by atoms with E-state index in [1.165, 1.54) is 12.8 Å². The second-order valence-electron chi connectivity index (χ2n) is 5.90. The lowest BCUT2D eigenvalue weighted by Gasteiger charge is -2.29. The molecule has 1 N–H and O–H groups in total. The van der Waals surface area contributed by atoms with Crippen molar-refractivity contribution in [3.05, 3.63) is 29.8 Å². The number of anilines is 1. The Morgan fingerprint density at radius 1 is 1.57 bits per heavy atom.